The van der Waals surface area contributed by atoms with Crippen LogP contribution in [-0.4, -0.2) is 10.9 Å². The number of amides is 1. The molecule has 0 saturated carbocycles. The molecule has 0 atom stereocenters. The van der Waals surface area contributed by atoms with E-state index in [2.05, 4.69) is 10.3 Å². The Hall–Kier alpha value is -2.59. The highest BCUT2D eigenvalue weighted by Gasteiger charge is 2.14. The summed E-state index contributed by atoms with van der Waals surface area (Å²) >= 11 is 6.08. The normalized spacial score (nSPS) is 10.6. The Bertz CT molecular complexity index is 871. The molecule has 4 nitrogen and oxygen atoms in total. The number of rotatable bonds is 3. The molecule has 0 bridgehead atoms. The van der Waals surface area contributed by atoms with E-state index in [1.54, 1.807) is 30.6 Å². The summed E-state index contributed by atoms with van der Waals surface area (Å²) in [6.45, 7) is 3.74. The number of carbonyl (C=O) groups excluding carboxylic acids is 1. The smallest absolute Gasteiger partial charge is 0.257 e. The van der Waals surface area contributed by atoms with Gasteiger partial charge in [0, 0.05) is 23.0 Å². The fraction of sp³-hybridized carbons (Fsp3) is 0.111. The number of aryl methyl sites for hydroxylation is 2. The van der Waals surface area contributed by atoms with Crippen LogP contribution >= 0.6 is 11.6 Å². The number of pyridine rings is 1. The van der Waals surface area contributed by atoms with Crippen molar-refractivity contribution in [2.75, 3.05) is 5.32 Å². The molecule has 2 heterocycles. The summed E-state index contributed by atoms with van der Waals surface area (Å²) in [5.74, 6) is 1.25. The molecule has 0 aliphatic rings. The van der Waals surface area contributed by atoms with Crippen molar-refractivity contribution in [1.29, 1.82) is 0 Å². The van der Waals surface area contributed by atoms with Gasteiger partial charge < -0.3 is 9.73 Å². The lowest BCUT2D eigenvalue weighted by Crippen LogP contribution is -2.14. The summed E-state index contributed by atoms with van der Waals surface area (Å²) < 4.78 is 5.65. The van der Waals surface area contributed by atoms with Gasteiger partial charge in [-0.15, -0.1) is 0 Å². The Balaban J connectivity index is 1.98. The Morgan fingerprint density at radius 1 is 1.17 bits per heavy atom. The molecule has 5 heteroatoms. The maximum atomic E-state index is 12.5. The van der Waals surface area contributed by atoms with Crippen molar-refractivity contribution in [2.24, 2.45) is 0 Å². The van der Waals surface area contributed by atoms with Gasteiger partial charge in [0.1, 0.15) is 11.5 Å². The van der Waals surface area contributed by atoms with Crippen LogP contribution in [0.4, 0.5) is 5.69 Å². The molecule has 23 heavy (non-hydrogen) atoms. The van der Waals surface area contributed by atoms with Gasteiger partial charge in [-0.25, -0.2) is 0 Å². The topological polar surface area (TPSA) is 55.1 Å². The number of aromatic nitrogens is 1. The number of carbonyl (C=O) groups is 1. The van der Waals surface area contributed by atoms with Gasteiger partial charge in [0.2, 0.25) is 0 Å². The van der Waals surface area contributed by atoms with Crippen LogP contribution in [0.5, 0.6) is 0 Å². The van der Waals surface area contributed by atoms with E-state index in [-0.39, 0.29) is 5.91 Å². The lowest BCUT2D eigenvalue weighted by Gasteiger charge is -2.11. The quantitative estimate of drug-likeness (QED) is 0.747. The minimum atomic E-state index is -0.234. The van der Waals surface area contributed by atoms with E-state index in [0.29, 0.717) is 22.0 Å². The number of hydrogen-bond donors (Lipinski definition) is 1. The second-order valence-corrected chi connectivity index (χ2v) is 5.68. The summed E-state index contributed by atoms with van der Waals surface area (Å²) in [5, 5.41) is 3.43. The van der Waals surface area contributed by atoms with E-state index in [1.807, 2.05) is 32.0 Å². The SMILES string of the molecule is Cc1ccc(-c2ccc(Cl)cc2NC(=O)c2cnccc2C)o1. The van der Waals surface area contributed by atoms with Crippen LogP contribution in [0.1, 0.15) is 21.7 Å². The van der Waals surface area contributed by atoms with Crippen LogP contribution in [0.2, 0.25) is 5.02 Å². The predicted molar refractivity (Wildman–Crippen MR) is 90.8 cm³/mol. The molecule has 1 N–H and O–H groups in total. The van der Waals surface area contributed by atoms with Gasteiger partial charge in [-0.05, 0) is 55.8 Å². The standard InChI is InChI=1S/C18H15ClN2O2/c1-11-7-8-20-10-15(11)18(22)21-16-9-13(19)4-5-14(16)17-6-3-12(2)23-17/h3-10H,1-2H3,(H,21,22). The van der Waals surface area contributed by atoms with Crippen molar-refractivity contribution in [3.63, 3.8) is 0 Å². The van der Waals surface area contributed by atoms with Gasteiger partial charge in [0.15, 0.2) is 0 Å². The third kappa shape index (κ3) is 3.27. The van der Waals surface area contributed by atoms with Crippen molar-refractivity contribution < 1.29 is 9.21 Å². The first-order valence-corrected chi connectivity index (χ1v) is 7.51. The van der Waals surface area contributed by atoms with Crippen LogP contribution in [-0.2, 0) is 0 Å². The maximum absolute atomic E-state index is 12.5. The monoisotopic (exact) mass is 326 g/mol. The van der Waals surface area contributed by atoms with Gasteiger partial charge in [-0.3, -0.25) is 9.78 Å². The third-order valence-corrected chi connectivity index (χ3v) is 3.75. The van der Waals surface area contributed by atoms with Crippen LogP contribution in [0, 0.1) is 13.8 Å². The molecule has 0 radical (unpaired) electrons. The molecular weight excluding hydrogens is 312 g/mol. The molecule has 1 aromatic carbocycles. The van der Waals surface area contributed by atoms with Crippen molar-refractivity contribution >= 4 is 23.2 Å². The molecule has 3 aromatic rings. The van der Waals surface area contributed by atoms with Crippen molar-refractivity contribution in [3.8, 4) is 11.3 Å². The zero-order valence-electron chi connectivity index (χ0n) is 12.8. The molecular formula is C18H15ClN2O2. The number of nitrogens with zero attached hydrogens (tertiary/aromatic N) is 1. The van der Waals surface area contributed by atoms with E-state index in [1.165, 1.54) is 0 Å². The van der Waals surface area contributed by atoms with Crippen LogP contribution in [0.3, 0.4) is 0 Å². The molecule has 0 fully saturated rings. The van der Waals surface area contributed by atoms with E-state index >= 15 is 0 Å². The second-order valence-electron chi connectivity index (χ2n) is 5.24. The number of benzene rings is 1. The van der Waals surface area contributed by atoms with Gasteiger partial charge in [-0.2, -0.15) is 0 Å². The molecule has 0 unspecified atom stereocenters. The fourth-order valence-corrected chi connectivity index (χ4v) is 2.48. The molecule has 0 aliphatic heterocycles. The van der Waals surface area contributed by atoms with E-state index in [4.69, 9.17) is 16.0 Å². The molecule has 1 amide bonds. The summed E-state index contributed by atoms with van der Waals surface area (Å²) in [4.78, 5) is 16.5. The second kappa shape index (κ2) is 6.26. The van der Waals surface area contributed by atoms with E-state index in [9.17, 15) is 4.79 Å². The van der Waals surface area contributed by atoms with Gasteiger partial charge >= 0.3 is 0 Å². The van der Waals surface area contributed by atoms with E-state index in [0.717, 1.165) is 16.9 Å². The highest BCUT2D eigenvalue weighted by Crippen LogP contribution is 2.32. The number of nitrogens with one attached hydrogen (secondary N) is 1. The summed E-state index contributed by atoms with van der Waals surface area (Å²) in [6, 6.07) is 10.8. The first-order chi connectivity index (χ1) is 11.0. The lowest BCUT2D eigenvalue weighted by molar-refractivity contribution is 0.102. The molecule has 0 spiro atoms. The summed E-state index contributed by atoms with van der Waals surface area (Å²) in [7, 11) is 0. The lowest BCUT2D eigenvalue weighted by atomic mass is 10.1. The molecule has 2 aromatic heterocycles. The van der Waals surface area contributed by atoms with Gasteiger partial charge in [-0.1, -0.05) is 11.6 Å². The van der Waals surface area contributed by atoms with Crippen molar-refractivity contribution in [1.82, 2.24) is 4.98 Å². The number of furan rings is 1. The predicted octanol–water partition coefficient (Wildman–Crippen LogP) is 4.86. The Morgan fingerprint density at radius 3 is 2.70 bits per heavy atom. The van der Waals surface area contributed by atoms with Crippen LogP contribution in [0.15, 0.2) is 53.2 Å². The highest BCUT2D eigenvalue weighted by molar-refractivity contribution is 6.31. The zero-order chi connectivity index (χ0) is 16.4. The Morgan fingerprint density at radius 2 is 2.00 bits per heavy atom. The molecule has 116 valence electrons. The minimum Gasteiger partial charge on any atom is -0.461 e. The molecule has 0 saturated heterocycles. The largest absolute Gasteiger partial charge is 0.461 e. The van der Waals surface area contributed by atoms with Crippen LogP contribution < -0.4 is 5.32 Å². The van der Waals surface area contributed by atoms with Crippen molar-refractivity contribution in [2.45, 2.75) is 13.8 Å². The Kier molecular flexibility index (Phi) is 4.17. The van der Waals surface area contributed by atoms with Gasteiger partial charge in [0.25, 0.3) is 5.91 Å². The number of halogens is 1. The number of anilines is 1. The minimum absolute atomic E-state index is 0.234. The third-order valence-electron chi connectivity index (χ3n) is 3.52. The van der Waals surface area contributed by atoms with Crippen LogP contribution in [0.25, 0.3) is 11.3 Å². The molecule has 3 rings (SSSR count). The Labute approximate surface area is 139 Å². The fourth-order valence-electron chi connectivity index (χ4n) is 2.31. The first-order valence-electron chi connectivity index (χ1n) is 7.13. The highest BCUT2D eigenvalue weighted by atomic mass is 35.5. The maximum Gasteiger partial charge on any atom is 0.257 e. The summed E-state index contributed by atoms with van der Waals surface area (Å²) in [6.07, 6.45) is 3.20. The number of hydrogen-bond acceptors (Lipinski definition) is 3. The summed E-state index contributed by atoms with van der Waals surface area (Å²) in [5.41, 5.74) is 2.75. The van der Waals surface area contributed by atoms with Gasteiger partial charge in [0.05, 0.1) is 11.3 Å². The average molecular weight is 327 g/mol. The first kappa shape index (κ1) is 15.3. The molecule has 0 aliphatic carbocycles. The van der Waals surface area contributed by atoms with Crippen molar-refractivity contribution in [3.05, 3.63) is 70.7 Å². The van der Waals surface area contributed by atoms with E-state index < -0.39 is 0 Å². The average Bonchev–Trinajstić information content (AvgIpc) is 2.94. The zero-order valence-corrected chi connectivity index (χ0v) is 13.5.